The maximum Gasteiger partial charge on any atom is 0.340 e. The van der Waals surface area contributed by atoms with E-state index < -0.39 is 17.7 Å². The third kappa shape index (κ3) is 2.60. The van der Waals surface area contributed by atoms with E-state index in [1.807, 2.05) is 0 Å². The Labute approximate surface area is 132 Å². The summed E-state index contributed by atoms with van der Waals surface area (Å²) in [6, 6.07) is 5.77. The van der Waals surface area contributed by atoms with E-state index in [1.165, 1.54) is 25.3 Å². The van der Waals surface area contributed by atoms with Crippen LogP contribution in [0, 0.1) is 5.82 Å². The van der Waals surface area contributed by atoms with Gasteiger partial charge in [0.2, 0.25) is 5.88 Å². The monoisotopic (exact) mass is 317 g/mol. The lowest BCUT2D eigenvalue weighted by Crippen LogP contribution is -2.31. The van der Waals surface area contributed by atoms with Crippen LogP contribution in [0.3, 0.4) is 0 Å². The number of carbonyl (C=O) groups is 2. The molecule has 6 heteroatoms. The number of halogens is 1. The van der Waals surface area contributed by atoms with E-state index in [1.54, 1.807) is 6.07 Å². The standard InChI is InChI=1S/C17H16FNO4/c1-22-17(21)15-13(9-4-2-5-10(18)8-9)14-11(20)6-3-7-12(14)23-16(15)19/h2,4-5,8,13H,3,6-7,19H2,1H3. The maximum absolute atomic E-state index is 13.7. The lowest BCUT2D eigenvalue weighted by Gasteiger charge is -2.32. The SMILES string of the molecule is COC(=O)C1=C(N)OC2=C(C(=O)CCC2)C1c1cccc(F)c1. The Kier molecular flexibility index (Phi) is 3.90. The average Bonchev–Trinajstić information content (AvgIpc) is 2.53. The molecule has 3 rings (SSSR count). The summed E-state index contributed by atoms with van der Waals surface area (Å²) in [5, 5.41) is 0. The topological polar surface area (TPSA) is 78.6 Å². The third-order valence-corrected chi connectivity index (χ3v) is 4.07. The number of ether oxygens (including phenoxy) is 2. The van der Waals surface area contributed by atoms with Gasteiger partial charge in [0.05, 0.1) is 13.0 Å². The number of hydrogen-bond acceptors (Lipinski definition) is 5. The first-order valence-electron chi connectivity index (χ1n) is 7.30. The van der Waals surface area contributed by atoms with Crippen molar-refractivity contribution in [2.45, 2.75) is 25.2 Å². The van der Waals surface area contributed by atoms with Crippen molar-refractivity contribution in [3.63, 3.8) is 0 Å². The first-order chi connectivity index (χ1) is 11.0. The Morgan fingerprint density at radius 2 is 2.17 bits per heavy atom. The van der Waals surface area contributed by atoms with Gasteiger partial charge in [0.1, 0.15) is 17.1 Å². The van der Waals surface area contributed by atoms with Gasteiger partial charge in [0.25, 0.3) is 0 Å². The molecule has 0 bridgehead atoms. The number of methoxy groups -OCH3 is 1. The van der Waals surface area contributed by atoms with Gasteiger partial charge in [0, 0.05) is 18.4 Å². The molecule has 0 amide bonds. The molecule has 1 aliphatic carbocycles. The second kappa shape index (κ2) is 5.87. The number of carbonyl (C=O) groups excluding carboxylic acids is 2. The molecule has 0 fully saturated rings. The van der Waals surface area contributed by atoms with Crippen molar-refractivity contribution in [1.82, 2.24) is 0 Å². The fraction of sp³-hybridized carbons (Fsp3) is 0.294. The molecular weight excluding hydrogens is 301 g/mol. The molecule has 2 N–H and O–H groups in total. The summed E-state index contributed by atoms with van der Waals surface area (Å²) in [5.74, 6) is -1.67. The summed E-state index contributed by atoms with van der Waals surface area (Å²) in [6.07, 6.45) is 1.58. The smallest absolute Gasteiger partial charge is 0.340 e. The molecule has 1 aliphatic heterocycles. The molecule has 0 radical (unpaired) electrons. The molecule has 0 spiro atoms. The number of Topliss-reactive ketones (excluding diaryl/α,β-unsaturated/α-hetero) is 1. The molecule has 1 heterocycles. The van der Waals surface area contributed by atoms with Crippen molar-refractivity contribution < 1.29 is 23.5 Å². The summed E-state index contributed by atoms with van der Waals surface area (Å²) in [6.45, 7) is 0. The van der Waals surface area contributed by atoms with Crippen LogP contribution in [-0.2, 0) is 19.1 Å². The minimum Gasteiger partial charge on any atom is -0.465 e. The predicted octanol–water partition coefficient (Wildman–Crippen LogP) is 2.29. The van der Waals surface area contributed by atoms with E-state index in [0.29, 0.717) is 36.2 Å². The highest BCUT2D eigenvalue weighted by molar-refractivity contribution is 6.03. The molecule has 0 aromatic heterocycles. The summed E-state index contributed by atoms with van der Waals surface area (Å²) in [5.41, 5.74) is 6.77. The van der Waals surface area contributed by atoms with E-state index in [2.05, 4.69) is 0 Å². The summed E-state index contributed by atoms with van der Waals surface area (Å²) in [4.78, 5) is 24.6. The first kappa shape index (κ1) is 15.3. The average molecular weight is 317 g/mol. The van der Waals surface area contributed by atoms with Crippen LogP contribution < -0.4 is 5.73 Å². The second-order valence-corrected chi connectivity index (χ2v) is 5.47. The van der Waals surface area contributed by atoms with Crippen molar-refractivity contribution in [2.75, 3.05) is 7.11 Å². The quantitative estimate of drug-likeness (QED) is 0.847. The number of esters is 1. The Hall–Kier alpha value is -2.63. The summed E-state index contributed by atoms with van der Waals surface area (Å²) >= 11 is 0. The van der Waals surface area contributed by atoms with Crippen molar-refractivity contribution in [3.05, 3.63) is 58.4 Å². The van der Waals surface area contributed by atoms with Gasteiger partial charge in [-0.1, -0.05) is 12.1 Å². The van der Waals surface area contributed by atoms with Crippen LogP contribution >= 0.6 is 0 Å². The fourth-order valence-corrected chi connectivity index (χ4v) is 3.08. The minimum absolute atomic E-state index is 0.0344. The largest absolute Gasteiger partial charge is 0.465 e. The zero-order valence-corrected chi connectivity index (χ0v) is 12.6. The molecule has 5 nitrogen and oxygen atoms in total. The number of rotatable bonds is 2. The number of allylic oxidation sites excluding steroid dienone is 2. The van der Waals surface area contributed by atoms with E-state index in [4.69, 9.17) is 15.2 Å². The Morgan fingerprint density at radius 3 is 2.87 bits per heavy atom. The van der Waals surface area contributed by atoms with Gasteiger partial charge in [-0.25, -0.2) is 9.18 Å². The Balaban J connectivity index is 2.20. The molecular formula is C17H16FNO4. The third-order valence-electron chi connectivity index (χ3n) is 4.07. The highest BCUT2D eigenvalue weighted by atomic mass is 19.1. The highest BCUT2D eigenvalue weighted by Crippen LogP contribution is 2.43. The lowest BCUT2D eigenvalue weighted by molar-refractivity contribution is -0.136. The van der Waals surface area contributed by atoms with Crippen molar-refractivity contribution in [2.24, 2.45) is 5.73 Å². The number of hydrogen-bond donors (Lipinski definition) is 1. The van der Waals surface area contributed by atoms with Crippen LogP contribution in [0.15, 0.2) is 47.1 Å². The molecule has 1 aromatic rings. The molecule has 0 saturated heterocycles. The van der Waals surface area contributed by atoms with Gasteiger partial charge in [-0.3, -0.25) is 4.79 Å². The van der Waals surface area contributed by atoms with Crippen LogP contribution in [-0.4, -0.2) is 18.9 Å². The van der Waals surface area contributed by atoms with E-state index in [0.717, 1.165) is 0 Å². The Morgan fingerprint density at radius 1 is 1.39 bits per heavy atom. The molecule has 1 atom stereocenters. The van der Waals surface area contributed by atoms with Gasteiger partial charge >= 0.3 is 5.97 Å². The lowest BCUT2D eigenvalue weighted by atomic mass is 9.77. The summed E-state index contributed by atoms with van der Waals surface area (Å²) in [7, 11) is 1.22. The van der Waals surface area contributed by atoms with E-state index >= 15 is 0 Å². The summed E-state index contributed by atoms with van der Waals surface area (Å²) < 4.78 is 23.9. The number of benzene rings is 1. The minimum atomic E-state index is -0.769. The van der Waals surface area contributed by atoms with Crippen molar-refractivity contribution in [1.29, 1.82) is 0 Å². The van der Waals surface area contributed by atoms with Crippen molar-refractivity contribution >= 4 is 11.8 Å². The van der Waals surface area contributed by atoms with Gasteiger partial charge in [-0.2, -0.15) is 0 Å². The molecule has 1 aromatic carbocycles. The van der Waals surface area contributed by atoms with Gasteiger partial charge < -0.3 is 15.2 Å². The zero-order chi connectivity index (χ0) is 16.6. The van der Waals surface area contributed by atoms with Crippen LogP contribution in [0.25, 0.3) is 0 Å². The van der Waals surface area contributed by atoms with Crippen LogP contribution in [0.1, 0.15) is 30.7 Å². The van der Waals surface area contributed by atoms with Crippen LogP contribution in [0.5, 0.6) is 0 Å². The molecule has 120 valence electrons. The predicted molar refractivity (Wildman–Crippen MR) is 79.3 cm³/mol. The van der Waals surface area contributed by atoms with Gasteiger partial charge in [0.15, 0.2) is 5.78 Å². The molecule has 1 unspecified atom stereocenters. The van der Waals surface area contributed by atoms with E-state index in [-0.39, 0.29) is 17.2 Å². The zero-order valence-electron chi connectivity index (χ0n) is 12.6. The first-order valence-corrected chi connectivity index (χ1v) is 7.30. The maximum atomic E-state index is 13.7. The number of nitrogens with two attached hydrogens (primary N) is 1. The molecule has 2 aliphatic rings. The number of ketones is 1. The molecule has 0 saturated carbocycles. The Bertz CT molecular complexity index is 751. The second-order valence-electron chi connectivity index (χ2n) is 5.47. The molecule has 23 heavy (non-hydrogen) atoms. The van der Waals surface area contributed by atoms with Gasteiger partial charge in [-0.15, -0.1) is 0 Å². The van der Waals surface area contributed by atoms with Gasteiger partial charge in [-0.05, 0) is 24.1 Å². The van der Waals surface area contributed by atoms with E-state index in [9.17, 15) is 14.0 Å². The normalized spacial score (nSPS) is 21.0. The van der Waals surface area contributed by atoms with Crippen molar-refractivity contribution in [3.8, 4) is 0 Å². The highest BCUT2D eigenvalue weighted by Gasteiger charge is 2.41. The van der Waals surface area contributed by atoms with Crippen LogP contribution in [0.2, 0.25) is 0 Å². The van der Waals surface area contributed by atoms with Crippen LogP contribution in [0.4, 0.5) is 4.39 Å². The fourth-order valence-electron chi connectivity index (χ4n) is 3.08.